The van der Waals surface area contributed by atoms with Crippen LogP contribution < -0.4 is 4.72 Å². The molecule has 0 aliphatic rings. The van der Waals surface area contributed by atoms with E-state index in [4.69, 9.17) is 10.2 Å². The summed E-state index contributed by atoms with van der Waals surface area (Å²) in [4.78, 5) is 24.8. The van der Waals surface area contributed by atoms with Crippen molar-refractivity contribution in [3.63, 3.8) is 0 Å². The number of sulfonamides is 1. The number of imidazole rings is 1. The molecule has 0 saturated heterocycles. The lowest BCUT2D eigenvalue weighted by Gasteiger charge is -2.02. The standard InChI is InChI=1S/C8H9N3O6S/c1-11-3-6(9-4-11)18(16,17)10-8(15)5(12)2-7(13)14/h2-4,12H,1H3,(H,10,15)(H,13,14). The minimum Gasteiger partial charge on any atom is -0.503 e. The third kappa shape index (κ3) is 3.31. The maximum absolute atomic E-state index is 11.6. The van der Waals surface area contributed by atoms with Gasteiger partial charge in [-0.15, -0.1) is 0 Å². The highest BCUT2D eigenvalue weighted by atomic mass is 32.2. The highest BCUT2D eigenvalue weighted by molar-refractivity contribution is 7.90. The van der Waals surface area contributed by atoms with Crippen molar-refractivity contribution in [2.45, 2.75) is 5.03 Å². The zero-order valence-corrected chi connectivity index (χ0v) is 9.88. The average Bonchev–Trinajstić information content (AvgIpc) is 2.63. The summed E-state index contributed by atoms with van der Waals surface area (Å²) in [5.41, 5.74) is 0. The van der Waals surface area contributed by atoms with Gasteiger partial charge < -0.3 is 14.8 Å². The average molecular weight is 275 g/mol. The SMILES string of the molecule is Cn1cnc(S(=O)(=O)NC(=O)C(O)=CC(=O)O)c1. The summed E-state index contributed by atoms with van der Waals surface area (Å²) in [5, 5.41) is 16.8. The summed E-state index contributed by atoms with van der Waals surface area (Å²) in [6.45, 7) is 0. The molecule has 1 aromatic rings. The van der Waals surface area contributed by atoms with E-state index in [0.29, 0.717) is 0 Å². The molecule has 1 aromatic heterocycles. The Hall–Kier alpha value is -2.36. The minimum absolute atomic E-state index is 0.170. The molecular weight excluding hydrogens is 266 g/mol. The molecule has 0 atom stereocenters. The molecule has 98 valence electrons. The summed E-state index contributed by atoms with van der Waals surface area (Å²) in [5.74, 6) is -4.28. The molecule has 10 heteroatoms. The zero-order chi connectivity index (χ0) is 13.9. The van der Waals surface area contributed by atoms with Gasteiger partial charge in [-0.2, -0.15) is 8.42 Å². The molecule has 0 saturated carbocycles. The number of rotatable bonds is 4. The molecule has 1 heterocycles. The molecule has 0 fully saturated rings. The van der Waals surface area contributed by atoms with E-state index < -0.39 is 32.7 Å². The summed E-state index contributed by atoms with van der Waals surface area (Å²) < 4.78 is 25.9. The van der Waals surface area contributed by atoms with E-state index in [2.05, 4.69) is 4.98 Å². The molecule has 1 rings (SSSR count). The number of hydrogen-bond acceptors (Lipinski definition) is 6. The van der Waals surface area contributed by atoms with E-state index in [-0.39, 0.29) is 6.08 Å². The highest BCUT2D eigenvalue weighted by Gasteiger charge is 2.22. The van der Waals surface area contributed by atoms with E-state index >= 15 is 0 Å². The first-order valence-electron chi connectivity index (χ1n) is 4.41. The molecule has 0 unspecified atom stereocenters. The van der Waals surface area contributed by atoms with Crippen molar-refractivity contribution in [3.8, 4) is 0 Å². The number of carboxylic acid groups (broad SMARTS) is 1. The summed E-state index contributed by atoms with van der Waals surface area (Å²) in [6, 6.07) is 0. The maximum Gasteiger partial charge on any atom is 0.332 e. The molecule has 0 bridgehead atoms. The topological polar surface area (TPSA) is 139 Å². The van der Waals surface area contributed by atoms with Gasteiger partial charge in [0, 0.05) is 13.2 Å². The van der Waals surface area contributed by atoms with Crippen LogP contribution in [0.1, 0.15) is 0 Å². The Bertz CT molecular complexity index is 615. The predicted octanol–water partition coefficient (Wildman–Crippen LogP) is -1.25. The van der Waals surface area contributed by atoms with Gasteiger partial charge in [-0.25, -0.2) is 14.5 Å². The Morgan fingerprint density at radius 2 is 2.06 bits per heavy atom. The molecule has 1 amide bonds. The van der Waals surface area contributed by atoms with E-state index in [1.165, 1.54) is 22.7 Å². The number of aliphatic hydroxyl groups excluding tert-OH is 1. The lowest BCUT2D eigenvalue weighted by atomic mass is 10.4. The van der Waals surface area contributed by atoms with Crippen molar-refractivity contribution in [1.82, 2.24) is 14.3 Å². The van der Waals surface area contributed by atoms with E-state index in [0.717, 1.165) is 6.20 Å². The third-order valence-electron chi connectivity index (χ3n) is 1.68. The number of aliphatic carboxylic acids is 1. The summed E-state index contributed by atoms with van der Waals surface area (Å²) in [6.07, 6.45) is 2.50. The van der Waals surface area contributed by atoms with Crippen molar-refractivity contribution >= 4 is 21.9 Å². The van der Waals surface area contributed by atoms with Gasteiger partial charge in [-0.3, -0.25) is 4.79 Å². The second-order valence-electron chi connectivity index (χ2n) is 3.18. The number of aryl methyl sites for hydroxylation is 1. The van der Waals surface area contributed by atoms with Crippen LogP contribution in [0.4, 0.5) is 0 Å². The third-order valence-corrected chi connectivity index (χ3v) is 2.89. The van der Waals surface area contributed by atoms with Gasteiger partial charge in [0.05, 0.1) is 12.4 Å². The van der Waals surface area contributed by atoms with Crippen LogP contribution >= 0.6 is 0 Å². The largest absolute Gasteiger partial charge is 0.503 e. The van der Waals surface area contributed by atoms with Crippen LogP contribution in [0.5, 0.6) is 0 Å². The normalized spacial score (nSPS) is 12.2. The van der Waals surface area contributed by atoms with E-state index in [9.17, 15) is 18.0 Å². The van der Waals surface area contributed by atoms with Crippen LogP contribution in [0.25, 0.3) is 0 Å². The smallest absolute Gasteiger partial charge is 0.332 e. The Morgan fingerprint density at radius 3 is 2.50 bits per heavy atom. The molecule has 0 aromatic carbocycles. The molecule has 0 aliphatic carbocycles. The van der Waals surface area contributed by atoms with Crippen molar-refractivity contribution < 1.29 is 28.2 Å². The number of amides is 1. The number of aliphatic hydroxyl groups is 1. The van der Waals surface area contributed by atoms with Gasteiger partial charge >= 0.3 is 5.97 Å². The fraction of sp³-hybridized carbons (Fsp3) is 0.125. The van der Waals surface area contributed by atoms with Crippen LogP contribution in [0, 0.1) is 0 Å². The van der Waals surface area contributed by atoms with Crippen LogP contribution in [-0.2, 0) is 26.7 Å². The van der Waals surface area contributed by atoms with Crippen molar-refractivity contribution in [2.75, 3.05) is 0 Å². The second kappa shape index (κ2) is 4.87. The van der Waals surface area contributed by atoms with E-state index in [1.54, 1.807) is 0 Å². The summed E-state index contributed by atoms with van der Waals surface area (Å²) >= 11 is 0. The Labute approximate surface area is 101 Å². The first-order chi connectivity index (χ1) is 8.22. The Morgan fingerprint density at radius 1 is 1.44 bits per heavy atom. The number of hydrogen-bond donors (Lipinski definition) is 3. The number of aromatic nitrogens is 2. The molecule has 0 aliphatic heterocycles. The highest BCUT2D eigenvalue weighted by Crippen LogP contribution is 2.04. The van der Waals surface area contributed by atoms with Gasteiger partial charge in [-0.1, -0.05) is 0 Å². The summed E-state index contributed by atoms with van der Waals surface area (Å²) in [7, 11) is -2.72. The Kier molecular flexibility index (Phi) is 3.71. The maximum atomic E-state index is 11.6. The number of nitrogens with one attached hydrogen (secondary N) is 1. The van der Waals surface area contributed by atoms with Crippen molar-refractivity contribution in [2.24, 2.45) is 7.05 Å². The fourth-order valence-electron chi connectivity index (χ4n) is 0.937. The first-order valence-corrected chi connectivity index (χ1v) is 5.89. The van der Waals surface area contributed by atoms with Gasteiger partial charge in [0.25, 0.3) is 15.9 Å². The molecule has 0 radical (unpaired) electrons. The number of nitrogens with zero attached hydrogens (tertiary/aromatic N) is 2. The molecule has 3 N–H and O–H groups in total. The van der Waals surface area contributed by atoms with Gasteiger partial charge in [0.15, 0.2) is 10.8 Å². The molecule has 0 spiro atoms. The quantitative estimate of drug-likeness (QED) is 0.461. The zero-order valence-electron chi connectivity index (χ0n) is 9.06. The monoisotopic (exact) mass is 275 g/mol. The van der Waals surface area contributed by atoms with Gasteiger partial charge in [0.2, 0.25) is 0 Å². The van der Waals surface area contributed by atoms with Crippen LogP contribution in [0.15, 0.2) is 29.4 Å². The number of carbonyl (C=O) groups is 2. The number of carbonyl (C=O) groups excluding carboxylic acids is 1. The minimum atomic E-state index is -4.24. The van der Waals surface area contributed by atoms with Crippen molar-refractivity contribution in [3.05, 3.63) is 24.4 Å². The number of carboxylic acids is 1. The molecule has 9 nitrogen and oxygen atoms in total. The first kappa shape index (κ1) is 13.7. The van der Waals surface area contributed by atoms with Crippen LogP contribution in [-0.4, -0.2) is 40.1 Å². The van der Waals surface area contributed by atoms with Crippen molar-refractivity contribution in [1.29, 1.82) is 0 Å². The fourth-order valence-corrected chi connectivity index (χ4v) is 1.88. The van der Waals surface area contributed by atoms with Crippen LogP contribution in [0.3, 0.4) is 0 Å². The predicted molar refractivity (Wildman–Crippen MR) is 56.9 cm³/mol. The van der Waals surface area contributed by atoms with E-state index in [1.807, 2.05) is 0 Å². The second-order valence-corrected chi connectivity index (χ2v) is 4.81. The Balaban J connectivity index is 2.91. The molecule has 18 heavy (non-hydrogen) atoms. The van der Waals surface area contributed by atoms with Gasteiger partial charge in [-0.05, 0) is 0 Å². The lowest BCUT2D eigenvalue weighted by Crippen LogP contribution is -2.32. The van der Waals surface area contributed by atoms with Crippen LogP contribution in [0.2, 0.25) is 0 Å². The van der Waals surface area contributed by atoms with Gasteiger partial charge in [0.1, 0.15) is 0 Å². The lowest BCUT2D eigenvalue weighted by molar-refractivity contribution is -0.132. The molecular formula is C8H9N3O6S.